The van der Waals surface area contributed by atoms with Crippen LogP contribution in [0.1, 0.15) is 10.4 Å². The summed E-state index contributed by atoms with van der Waals surface area (Å²) in [6.45, 7) is 0. The summed E-state index contributed by atoms with van der Waals surface area (Å²) < 4.78 is 0. The molecule has 2 aromatic rings. The predicted octanol–water partition coefficient (Wildman–Crippen LogP) is 4.15. The second kappa shape index (κ2) is 5.90. The minimum absolute atomic E-state index is 0.0157. The number of benzene rings is 2. The van der Waals surface area contributed by atoms with Crippen molar-refractivity contribution in [2.24, 2.45) is 0 Å². The van der Waals surface area contributed by atoms with Gasteiger partial charge < -0.3 is 5.32 Å². The third kappa shape index (κ3) is 3.26. The first-order valence-corrected chi connectivity index (χ1v) is 6.24. The second-order valence-corrected chi connectivity index (χ2v) is 4.73. The normalized spacial score (nSPS) is 10.1. The van der Waals surface area contributed by atoms with Crippen molar-refractivity contribution in [2.45, 2.75) is 0 Å². The number of hydrogen-bond acceptors (Lipinski definition) is 3. The van der Waals surface area contributed by atoms with Crippen LogP contribution < -0.4 is 5.32 Å². The Morgan fingerprint density at radius 1 is 1.10 bits per heavy atom. The predicted molar refractivity (Wildman–Crippen MR) is 77.5 cm³/mol. The molecule has 0 bridgehead atoms. The van der Waals surface area contributed by atoms with E-state index < -0.39 is 10.8 Å². The van der Waals surface area contributed by atoms with Crippen LogP contribution in [0.4, 0.5) is 11.4 Å². The van der Waals surface area contributed by atoms with Crippen molar-refractivity contribution in [2.75, 3.05) is 5.32 Å². The first-order valence-electron chi connectivity index (χ1n) is 5.48. The summed E-state index contributed by atoms with van der Waals surface area (Å²) in [5.41, 5.74) is 0.378. The third-order valence-electron chi connectivity index (χ3n) is 2.51. The molecule has 0 spiro atoms. The van der Waals surface area contributed by atoms with Crippen LogP contribution in [0.15, 0.2) is 42.5 Å². The lowest BCUT2D eigenvalue weighted by atomic mass is 10.2. The van der Waals surface area contributed by atoms with Gasteiger partial charge in [0.25, 0.3) is 11.6 Å². The van der Waals surface area contributed by atoms with Gasteiger partial charge in [0.15, 0.2) is 0 Å². The number of nitro groups is 1. The highest BCUT2D eigenvalue weighted by atomic mass is 35.5. The molecule has 0 aromatic heterocycles. The van der Waals surface area contributed by atoms with Gasteiger partial charge in [0.2, 0.25) is 0 Å². The number of amides is 1. The summed E-state index contributed by atoms with van der Waals surface area (Å²) in [4.78, 5) is 22.1. The van der Waals surface area contributed by atoms with Crippen molar-refractivity contribution in [3.8, 4) is 0 Å². The molecule has 20 heavy (non-hydrogen) atoms. The van der Waals surface area contributed by atoms with Gasteiger partial charge in [0, 0.05) is 22.3 Å². The molecule has 0 saturated carbocycles. The van der Waals surface area contributed by atoms with E-state index in [1.165, 1.54) is 12.1 Å². The molecular formula is C13H8Cl2N2O3. The number of nitrogens with one attached hydrogen (secondary N) is 1. The van der Waals surface area contributed by atoms with Crippen LogP contribution in [0.3, 0.4) is 0 Å². The van der Waals surface area contributed by atoms with Crippen LogP contribution in [0.2, 0.25) is 10.0 Å². The van der Waals surface area contributed by atoms with E-state index in [4.69, 9.17) is 23.2 Å². The van der Waals surface area contributed by atoms with Gasteiger partial charge >= 0.3 is 0 Å². The smallest absolute Gasteiger partial charge is 0.288 e. The summed E-state index contributed by atoms with van der Waals surface area (Å²) in [6, 6.07) is 10.4. The van der Waals surface area contributed by atoms with Gasteiger partial charge in [-0.05, 0) is 36.4 Å². The van der Waals surface area contributed by atoms with E-state index in [0.717, 1.165) is 6.07 Å². The highest BCUT2D eigenvalue weighted by molar-refractivity contribution is 6.32. The van der Waals surface area contributed by atoms with Gasteiger partial charge in [-0.25, -0.2) is 0 Å². The van der Waals surface area contributed by atoms with E-state index in [1.807, 2.05) is 0 Å². The summed E-state index contributed by atoms with van der Waals surface area (Å²) in [6.07, 6.45) is 0. The molecule has 1 amide bonds. The van der Waals surface area contributed by atoms with E-state index in [2.05, 4.69) is 5.32 Å². The fraction of sp³-hybridized carbons (Fsp3) is 0. The van der Waals surface area contributed by atoms with Gasteiger partial charge in [-0.2, -0.15) is 0 Å². The van der Waals surface area contributed by atoms with Gasteiger partial charge in [-0.15, -0.1) is 0 Å². The monoisotopic (exact) mass is 310 g/mol. The number of rotatable bonds is 3. The van der Waals surface area contributed by atoms with Crippen LogP contribution in [0.5, 0.6) is 0 Å². The molecule has 0 fully saturated rings. The third-order valence-corrected chi connectivity index (χ3v) is 3.08. The van der Waals surface area contributed by atoms with Crippen molar-refractivity contribution in [1.82, 2.24) is 0 Å². The summed E-state index contributed by atoms with van der Waals surface area (Å²) in [7, 11) is 0. The van der Waals surface area contributed by atoms with Crippen LogP contribution in [0, 0.1) is 10.1 Å². The summed E-state index contributed by atoms with van der Waals surface area (Å²) in [5.74, 6) is -0.466. The number of anilines is 1. The van der Waals surface area contributed by atoms with Crippen molar-refractivity contribution < 1.29 is 9.72 Å². The van der Waals surface area contributed by atoms with E-state index in [0.29, 0.717) is 10.7 Å². The van der Waals surface area contributed by atoms with Crippen molar-refractivity contribution >= 4 is 40.5 Å². The van der Waals surface area contributed by atoms with Gasteiger partial charge in [0.1, 0.15) is 5.02 Å². The fourth-order valence-electron chi connectivity index (χ4n) is 1.53. The van der Waals surface area contributed by atoms with Crippen molar-refractivity contribution in [3.05, 3.63) is 68.2 Å². The molecule has 0 saturated heterocycles. The topological polar surface area (TPSA) is 72.2 Å². The maximum absolute atomic E-state index is 12.0. The Morgan fingerprint density at radius 2 is 1.75 bits per heavy atom. The van der Waals surface area contributed by atoms with Crippen molar-refractivity contribution in [3.63, 3.8) is 0 Å². The number of carbonyl (C=O) groups is 1. The summed E-state index contributed by atoms with van der Waals surface area (Å²) in [5, 5.41) is 13.9. The first-order chi connectivity index (χ1) is 9.47. The largest absolute Gasteiger partial charge is 0.322 e. The zero-order chi connectivity index (χ0) is 14.7. The first kappa shape index (κ1) is 14.3. The van der Waals surface area contributed by atoms with Gasteiger partial charge in [-0.1, -0.05) is 23.2 Å². The molecule has 7 heteroatoms. The van der Waals surface area contributed by atoms with Crippen LogP contribution in [0.25, 0.3) is 0 Å². The molecule has 0 radical (unpaired) electrons. The quantitative estimate of drug-likeness (QED) is 0.683. The Balaban J connectivity index is 2.23. The molecular weight excluding hydrogens is 303 g/mol. The Bertz CT molecular complexity index is 672. The van der Waals surface area contributed by atoms with Crippen molar-refractivity contribution in [1.29, 1.82) is 0 Å². The number of nitrogens with zero attached hydrogens (tertiary/aromatic N) is 1. The zero-order valence-corrected chi connectivity index (χ0v) is 11.5. The standard InChI is InChI=1S/C13H8Cl2N2O3/c14-9-2-4-10(5-3-9)16-13(18)8-1-6-11(15)12(7-8)17(19)20/h1-7H,(H,16,18). The lowest BCUT2D eigenvalue weighted by Gasteiger charge is -2.05. The Hall–Kier alpha value is -2.11. The fourth-order valence-corrected chi connectivity index (χ4v) is 1.84. The minimum atomic E-state index is -0.637. The number of carbonyl (C=O) groups excluding carboxylic acids is 1. The van der Waals surface area contributed by atoms with Crippen LogP contribution >= 0.6 is 23.2 Å². The average molecular weight is 311 g/mol. The lowest BCUT2D eigenvalue weighted by Crippen LogP contribution is -2.12. The molecule has 0 aliphatic heterocycles. The SMILES string of the molecule is O=C(Nc1ccc(Cl)cc1)c1ccc(Cl)c([N+](=O)[O-])c1. The van der Waals surface area contributed by atoms with Crippen LogP contribution in [-0.4, -0.2) is 10.8 Å². The molecule has 0 atom stereocenters. The average Bonchev–Trinajstić information content (AvgIpc) is 2.41. The van der Waals surface area contributed by atoms with E-state index >= 15 is 0 Å². The van der Waals surface area contributed by atoms with Crippen LogP contribution in [-0.2, 0) is 0 Å². The molecule has 0 heterocycles. The molecule has 5 nitrogen and oxygen atoms in total. The molecule has 102 valence electrons. The van der Waals surface area contributed by atoms with E-state index in [-0.39, 0.29) is 16.3 Å². The highest BCUT2D eigenvalue weighted by Crippen LogP contribution is 2.25. The van der Waals surface area contributed by atoms with E-state index in [9.17, 15) is 14.9 Å². The Kier molecular flexibility index (Phi) is 4.22. The molecule has 0 aliphatic carbocycles. The Morgan fingerprint density at radius 3 is 2.35 bits per heavy atom. The molecule has 2 aromatic carbocycles. The maximum atomic E-state index is 12.0. The maximum Gasteiger partial charge on any atom is 0.288 e. The minimum Gasteiger partial charge on any atom is -0.322 e. The number of halogens is 2. The Labute approximate surface area is 124 Å². The van der Waals surface area contributed by atoms with Gasteiger partial charge in [-0.3, -0.25) is 14.9 Å². The zero-order valence-electron chi connectivity index (χ0n) is 9.97. The number of nitro benzene ring substituents is 1. The second-order valence-electron chi connectivity index (χ2n) is 3.88. The molecule has 0 aliphatic rings. The van der Waals surface area contributed by atoms with Gasteiger partial charge in [0.05, 0.1) is 4.92 Å². The summed E-state index contributed by atoms with van der Waals surface area (Å²) >= 11 is 11.4. The highest BCUT2D eigenvalue weighted by Gasteiger charge is 2.16. The molecule has 1 N–H and O–H groups in total. The molecule has 2 rings (SSSR count). The number of hydrogen-bond donors (Lipinski definition) is 1. The lowest BCUT2D eigenvalue weighted by molar-refractivity contribution is -0.384. The molecule has 0 unspecified atom stereocenters. The van der Waals surface area contributed by atoms with E-state index in [1.54, 1.807) is 24.3 Å².